The van der Waals surface area contributed by atoms with E-state index < -0.39 is 0 Å². The van der Waals surface area contributed by atoms with Crippen molar-refractivity contribution in [1.29, 1.82) is 0 Å². The molecule has 0 aliphatic carbocycles. The Bertz CT molecular complexity index is 388. The van der Waals surface area contributed by atoms with E-state index in [-0.39, 0.29) is 10.8 Å². The molecule has 0 fully saturated rings. The highest BCUT2D eigenvalue weighted by atomic mass is 32.1. The largest absolute Gasteiger partial charge is 0.311 e. The van der Waals surface area contributed by atoms with Crippen LogP contribution in [0, 0.1) is 5.41 Å². The topological polar surface area (TPSA) is 28.2 Å². The minimum Gasteiger partial charge on any atom is -0.311 e. The third-order valence-electron chi connectivity index (χ3n) is 2.85. The molecule has 1 heterocycles. The molecule has 0 atom stereocenters. The van der Waals surface area contributed by atoms with E-state index in [0.29, 0.717) is 0 Å². The summed E-state index contributed by atoms with van der Waals surface area (Å²) in [5.41, 5.74) is 1.61. The van der Waals surface area contributed by atoms with Crippen LogP contribution in [0.4, 0.5) is 0 Å². The molecule has 0 amide bonds. The minimum absolute atomic E-state index is 0.160. The summed E-state index contributed by atoms with van der Waals surface area (Å²) in [5.74, 6) is 0. The quantitative estimate of drug-likeness (QED) is 0.869. The van der Waals surface area contributed by atoms with Gasteiger partial charge >= 0.3 is 0 Å². The van der Waals surface area contributed by atoms with Gasteiger partial charge in [0, 0.05) is 30.4 Å². The van der Waals surface area contributed by atoms with Gasteiger partial charge in [-0.15, -0.1) is 11.3 Å². The highest BCUT2D eigenvalue weighted by Gasteiger charge is 2.20. The Morgan fingerprint density at radius 1 is 1.21 bits per heavy atom. The van der Waals surface area contributed by atoms with Gasteiger partial charge in [0.1, 0.15) is 0 Å². The lowest BCUT2D eigenvalue weighted by molar-refractivity contribution is 0.232. The second-order valence-electron chi connectivity index (χ2n) is 7.40. The van der Waals surface area contributed by atoms with Crippen molar-refractivity contribution in [3.05, 3.63) is 16.1 Å². The van der Waals surface area contributed by atoms with Crippen LogP contribution in [0.5, 0.6) is 0 Å². The molecule has 0 aliphatic rings. The molecular formula is C15H29N3S. The van der Waals surface area contributed by atoms with Crippen LogP contribution in [0.3, 0.4) is 0 Å². The van der Waals surface area contributed by atoms with Gasteiger partial charge < -0.3 is 10.2 Å². The maximum Gasteiger partial charge on any atom is 0.0982 e. The summed E-state index contributed by atoms with van der Waals surface area (Å²) in [4.78, 5) is 6.95. The molecule has 0 unspecified atom stereocenters. The Labute approximate surface area is 122 Å². The van der Waals surface area contributed by atoms with Crippen molar-refractivity contribution in [1.82, 2.24) is 15.2 Å². The van der Waals surface area contributed by atoms with E-state index in [2.05, 4.69) is 64.3 Å². The predicted molar refractivity (Wildman–Crippen MR) is 84.9 cm³/mol. The van der Waals surface area contributed by atoms with Gasteiger partial charge in [0.2, 0.25) is 0 Å². The normalized spacial score (nSPS) is 13.3. The lowest BCUT2D eigenvalue weighted by Crippen LogP contribution is -2.37. The van der Waals surface area contributed by atoms with E-state index in [1.54, 1.807) is 11.3 Å². The molecule has 110 valence electrons. The number of thiazole rings is 1. The Hall–Kier alpha value is -0.450. The zero-order chi connectivity index (χ0) is 14.7. The number of hydrogen-bond acceptors (Lipinski definition) is 4. The van der Waals surface area contributed by atoms with Crippen LogP contribution in [0.15, 0.2) is 5.38 Å². The van der Waals surface area contributed by atoms with E-state index in [1.165, 1.54) is 5.01 Å². The van der Waals surface area contributed by atoms with Gasteiger partial charge in [-0.25, -0.2) is 4.98 Å². The van der Waals surface area contributed by atoms with Crippen LogP contribution in [0.1, 0.15) is 45.3 Å². The second-order valence-corrected chi connectivity index (χ2v) is 8.26. The van der Waals surface area contributed by atoms with Crippen LogP contribution in [-0.4, -0.2) is 37.1 Å². The maximum atomic E-state index is 4.71. The summed E-state index contributed by atoms with van der Waals surface area (Å²) in [7, 11) is 4.25. The molecule has 1 rings (SSSR count). The number of nitrogens with one attached hydrogen (secondary N) is 1. The van der Waals surface area contributed by atoms with E-state index in [4.69, 9.17) is 4.98 Å². The van der Waals surface area contributed by atoms with Crippen LogP contribution in [-0.2, 0) is 12.0 Å². The zero-order valence-electron chi connectivity index (χ0n) is 13.5. The first-order chi connectivity index (χ1) is 8.60. The molecule has 0 saturated carbocycles. The smallest absolute Gasteiger partial charge is 0.0982 e. The van der Waals surface area contributed by atoms with Crippen molar-refractivity contribution in [3.8, 4) is 0 Å². The average molecular weight is 283 g/mol. The molecule has 0 aromatic carbocycles. The Balaban J connectivity index is 2.43. The maximum absolute atomic E-state index is 4.71. The molecular weight excluding hydrogens is 254 g/mol. The Kier molecular flexibility index (Phi) is 5.53. The van der Waals surface area contributed by atoms with Crippen LogP contribution in [0.2, 0.25) is 0 Å². The third kappa shape index (κ3) is 6.02. The number of aromatic nitrogens is 1. The zero-order valence-corrected chi connectivity index (χ0v) is 14.3. The van der Waals surface area contributed by atoms with Crippen molar-refractivity contribution in [2.45, 2.75) is 46.6 Å². The molecule has 0 aliphatic heterocycles. The number of hydrogen-bond donors (Lipinski definition) is 1. The molecule has 19 heavy (non-hydrogen) atoms. The molecule has 1 aromatic rings. The Morgan fingerprint density at radius 2 is 1.84 bits per heavy atom. The van der Waals surface area contributed by atoms with Crippen molar-refractivity contribution >= 4 is 11.3 Å². The summed E-state index contributed by atoms with van der Waals surface area (Å²) in [6.45, 7) is 14.2. The van der Waals surface area contributed by atoms with Gasteiger partial charge in [0.05, 0.1) is 10.7 Å². The second kappa shape index (κ2) is 6.33. The lowest BCUT2D eigenvalue weighted by Gasteiger charge is -2.28. The molecule has 0 bridgehead atoms. The van der Waals surface area contributed by atoms with E-state index >= 15 is 0 Å². The van der Waals surface area contributed by atoms with E-state index in [1.807, 2.05) is 0 Å². The van der Waals surface area contributed by atoms with Crippen molar-refractivity contribution < 1.29 is 0 Å². The summed E-state index contributed by atoms with van der Waals surface area (Å²) < 4.78 is 0. The fourth-order valence-corrected chi connectivity index (χ4v) is 3.08. The summed E-state index contributed by atoms with van der Waals surface area (Å²) in [6.07, 6.45) is 0. The molecule has 0 saturated heterocycles. The molecule has 1 N–H and O–H groups in total. The van der Waals surface area contributed by atoms with Crippen molar-refractivity contribution in [3.63, 3.8) is 0 Å². The Morgan fingerprint density at radius 3 is 2.32 bits per heavy atom. The molecule has 1 aromatic heterocycles. The fourth-order valence-electron chi connectivity index (χ4n) is 2.17. The predicted octanol–water partition coefficient (Wildman–Crippen LogP) is 3.12. The molecule has 0 radical (unpaired) electrons. The van der Waals surface area contributed by atoms with Gasteiger partial charge in [-0.2, -0.15) is 0 Å². The first kappa shape index (κ1) is 16.6. The highest BCUT2D eigenvalue weighted by Crippen LogP contribution is 2.25. The summed E-state index contributed by atoms with van der Waals surface area (Å²) in [6, 6.07) is 0. The van der Waals surface area contributed by atoms with Crippen molar-refractivity contribution in [2.24, 2.45) is 5.41 Å². The number of nitrogens with zero attached hydrogens (tertiary/aromatic N) is 2. The molecule has 3 nitrogen and oxygen atoms in total. The lowest BCUT2D eigenvalue weighted by atomic mass is 9.93. The first-order valence-corrected chi connectivity index (χ1v) is 7.78. The van der Waals surface area contributed by atoms with Crippen LogP contribution >= 0.6 is 11.3 Å². The summed E-state index contributed by atoms with van der Waals surface area (Å²) >= 11 is 1.77. The monoisotopic (exact) mass is 283 g/mol. The minimum atomic E-state index is 0.160. The van der Waals surface area contributed by atoms with Gasteiger partial charge in [-0.3, -0.25) is 0 Å². The first-order valence-electron chi connectivity index (χ1n) is 6.90. The van der Waals surface area contributed by atoms with Gasteiger partial charge in [0.25, 0.3) is 0 Å². The van der Waals surface area contributed by atoms with Gasteiger partial charge in [-0.05, 0) is 19.5 Å². The number of rotatable bonds is 6. The van der Waals surface area contributed by atoms with Crippen molar-refractivity contribution in [2.75, 3.05) is 27.2 Å². The standard InChI is InChI=1S/C15H29N3S/c1-14(2,3)13-17-12(9-19-13)8-16-10-15(4,5)11-18(6)7/h9,16H,8,10-11H2,1-7H3. The van der Waals surface area contributed by atoms with Crippen LogP contribution < -0.4 is 5.32 Å². The van der Waals surface area contributed by atoms with Gasteiger partial charge in [-0.1, -0.05) is 34.6 Å². The molecule has 0 spiro atoms. The average Bonchev–Trinajstić information content (AvgIpc) is 2.62. The molecule has 4 heteroatoms. The highest BCUT2D eigenvalue weighted by molar-refractivity contribution is 7.09. The van der Waals surface area contributed by atoms with Gasteiger partial charge in [0.15, 0.2) is 0 Å². The van der Waals surface area contributed by atoms with Crippen LogP contribution in [0.25, 0.3) is 0 Å². The van der Waals surface area contributed by atoms with E-state index in [0.717, 1.165) is 25.3 Å². The third-order valence-corrected chi connectivity index (χ3v) is 4.16. The SMILES string of the molecule is CN(C)CC(C)(C)CNCc1csc(C(C)(C)C)n1. The fraction of sp³-hybridized carbons (Fsp3) is 0.800. The van der Waals surface area contributed by atoms with E-state index in [9.17, 15) is 0 Å². The summed E-state index contributed by atoms with van der Waals surface area (Å²) in [5, 5.41) is 6.92.